The van der Waals surface area contributed by atoms with Gasteiger partial charge < -0.3 is 5.32 Å². The number of benzene rings is 3. The first-order valence-corrected chi connectivity index (χ1v) is 10.9. The summed E-state index contributed by atoms with van der Waals surface area (Å²) in [5.41, 5.74) is 2.12. The highest BCUT2D eigenvalue weighted by Crippen LogP contribution is 2.28. The third kappa shape index (κ3) is 4.91. The molecule has 0 heterocycles. The molecule has 0 bridgehead atoms. The van der Waals surface area contributed by atoms with Crippen LogP contribution in [0.3, 0.4) is 0 Å². The van der Waals surface area contributed by atoms with Crippen LogP contribution in [0.5, 0.6) is 0 Å². The maximum Gasteiger partial charge on any atom is 0.264 e. The summed E-state index contributed by atoms with van der Waals surface area (Å²) in [5.74, 6) is -2.78. The number of aryl methyl sites for hydroxylation is 3. The third-order valence-electron chi connectivity index (χ3n) is 4.74. The van der Waals surface area contributed by atoms with E-state index >= 15 is 0 Å². The van der Waals surface area contributed by atoms with Gasteiger partial charge in [-0.3, -0.25) is 9.10 Å². The molecule has 0 unspecified atom stereocenters. The first-order chi connectivity index (χ1) is 14.6. The van der Waals surface area contributed by atoms with Crippen molar-refractivity contribution in [3.63, 3.8) is 0 Å². The van der Waals surface area contributed by atoms with Crippen LogP contribution < -0.4 is 9.62 Å². The minimum absolute atomic E-state index is 0.00273. The highest BCUT2D eigenvalue weighted by molar-refractivity contribution is 7.92. The lowest BCUT2D eigenvalue weighted by Gasteiger charge is -2.26. The number of nitrogens with one attached hydrogen (secondary N) is 1. The molecule has 0 spiro atoms. The zero-order valence-corrected chi connectivity index (χ0v) is 18.1. The molecule has 0 saturated carbocycles. The number of para-hydroxylation sites is 1. The Bertz CT molecular complexity index is 1210. The quantitative estimate of drug-likeness (QED) is 0.598. The van der Waals surface area contributed by atoms with Gasteiger partial charge in [-0.05, 0) is 56.7 Å². The van der Waals surface area contributed by atoms with Gasteiger partial charge in [-0.15, -0.1) is 0 Å². The molecule has 3 rings (SSSR count). The SMILES string of the molecule is Cc1ccc(S(=O)(=O)N(CC(=O)Nc2c(F)cccc2F)c2ccc(C)cc2C)cc1. The van der Waals surface area contributed by atoms with Gasteiger partial charge in [0.15, 0.2) is 0 Å². The van der Waals surface area contributed by atoms with Crippen LogP contribution >= 0.6 is 0 Å². The summed E-state index contributed by atoms with van der Waals surface area (Å²) in [6, 6.07) is 14.5. The molecule has 3 aromatic carbocycles. The molecule has 31 heavy (non-hydrogen) atoms. The molecule has 5 nitrogen and oxygen atoms in total. The summed E-state index contributed by atoms with van der Waals surface area (Å²) in [7, 11) is -4.13. The van der Waals surface area contributed by atoms with Crippen molar-refractivity contribution in [2.45, 2.75) is 25.7 Å². The van der Waals surface area contributed by atoms with Gasteiger partial charge in [-0.25, -0.2) is 17.2 Å². The van der Waals surface area contributed by atoms with Gasteiger partial charge in [0.1, 0.15) is 23.9 Å². The molecule has 0 fully saturated rings. The minimum Gasteiger partial charge on any atom is -0.320 e. The fourth-order valence-corrected chi connectivity index (χ4v) is 4.63. The normalized spacial score (nSPS) is 11.3. The average Bonchev–Trinajstić information content (AvgIpc) is 2.70. The summed E-state index contributed by atoms with van der Waals surface area (Å²) in [5, 5.41) is 2.15. The van der Waals surface area contributed by atoms with E-state index in [4.69, 9.17) is 0 Å². The number of sulfonamides is 1. The van der Waals surface area contributed by atoms with Crippen LogP contribution in [0, 0.1) is 32.4 Å². The average molecular weight is 445 g/mol. The fraction of sp³-hybridized carbons (Fsp3) is 0.174. The van der Waals surface area contributed by atoms with E-state index in [1.54, 1.807) is 37.3 Å². The highest BCUT2D eigenvalue weighted by Gasteiger charge is 2.29. The number of amides is 1. The molecule has 1 amide bonds. The topological polar surface area (TPSA) is 66.5 Å². The molecule has 3 aromatic rings. The monoisotopic (exact) mass is 444 g/mol. The summed E-state index contributed by atoms with van der Waals surface area (Å²) in [6.07, 6.45) is 0. The highest BCUT2D eigenvalue weighted by atomic mass is 32.2. The zero-order chi connectivity index (χ0) is 22.8. The smallest absolute Gasteiger partial charge is 0.264 e. The van der Waals surface area contributed by atoms with Gasteiger partial charge in [0.25, 0.3) is 10.0 Å². The number of carbonyl (C=O) groups excluding carboxylic acids is 1. The molecule has 0 aromatic heterocycles. The van der Waals surface area contributed by atoms with Gasteiger partial charge in [0, 0.05) is 0 Å². The van der Waals surface area contributed by atoms with E-state index in [0.29, 0.717) is 11.3 Å². The van der Waals surface area contributed by atoms with Crippen molar-refractivity contribution >= 4 is 27.3 Å². The van der Waals surface area contributed by atoms with E-state index in [1.807, 2.05) is 13.8 Å². The number of carbonyl (C=O) groups is 1. The molecule has 1 N–H and O–H groups in total. The molecule has 0 aliphatic heterocycles. The standard InChI is InChI=1S/C23H22F2N2O3S/c1-15-7-10-18(11-8-15)31(29,30)27(21-12-9-16(2)13-17(21)3)14-22(28)26-23-19(24)5-4-6-20(23)25/h4-13H,14H2,1-3H3,(H,26,28). The van der Waals surface area contributed by atoms with E-state index in [0.717, 1.165) is 27.6 Å². The molecular weight excluding hydrogens is 422 g/mol. The number of rotatable bonds is 6. The van der Waals surface area contributed by atoms with E-state index < -0.39 is 39.8 Å². The molecular formula is C23H22F2N2O3S. The number of hydrogen-bond acceptors (Lipinski definition) is 3. The van der Waals surface area contributed by atoms with Crippen LogP contribution in [0.15, 0.2) is 65.6 Å². The van der Waals surface area contributed by atoms with Crippen molar-refractivity contribution in [3.05, 3.63) is 89.0 Å². The minimum atomic E-state index is -4.13. The first-order valence-electron chi connectivity index (χ1n) is 9.50. The van der Waals surface area contributed by atoms with Crippen LogP contribution in [0.1, 0.15) is 16.7 Å². The Morgan fingerprint density at radius 1 is 0.903 bits per heavy atom. The predicted molar refractivity (Wildman–Crippen MR) is 117 cm³/mol. The lowest BCUT2D eigenvalue weighted by atomic mass is 10.1. The molecule has 0 atom stereocenters. The maximum atomic E-state index is 13.9. The Hall–Kier alpha value is -3.26. The second-order valence-electron chi connectivity index (χ2n) is 7.26. The molecule has 0 aliphatic carbocycles. The predicted octanol–water partition coefficient (Wildman–Crippen LogP) is 4.72. The van der Waals surface area contributed by atoms with E-state index in [9.17, 15) is 22.0 Å². The number of anilines is 2. The number of halogens is 2. The zero-order valence-electron chi connectivity index (χ0n) is 17.3. The molecule has 0 saturated heterocycles. The first kappa shape index (κ1) is 22.4. The Morgan fingerprint density at radius 2 is 1.48 bits per heavy atom. The summed E-state index contributed by atoms with van der Waals surface area (Å²) in [6.45, 7) is 4.76. The van der Waals surface area contributed by atoms with Crippen LogP contribution in [0.4, 0.5) is 20.2 Å². The second kappa shape index (κ2) is 8.85. The summed E-state index contributed by atoms with van der Waals surface area (Å²) < 4.78 is 55.6. The third-order valence-corrected chi connectivity index (χ3v) is 6.52. The van der Waals surface area contributed by atoms with Crippen LogP contribution in [-0.2, 0) is 14.8 Å². The number of hydrogen-bond donors (Lipinski definition) is 1. The van der Waals surface area contributed by atoms with Crippen molar-refractivity contribution in [1.29, 1.82) is 0 Å². The van der Waals surface area contributed by atoms with E-state index in [2.05, 4.69) is 5.32 Å². The largest absolute Gasteiger partial charge is 0.320 e. The van der Waals surface area contributed by atoms with Crippen molar-refractivity contribution in [2.24, 2.45) is 0 Å². The number of nitrogens with zero attached hydrogens (tertiary/aromatic N) is 1. The summed E-state index contributed by atoms with van der Waals surface area (Å²) in [4.78, 5) is 12.7. The summed E-state index contributed by atoms with van der Waals surface area (Å²) >= 11 is 0. The van der Waals surface area contributed by atoms with Gasteiger partial charge in [-0.2, -0.15) is 0 Å². The van der Waals surface area contributed by atoms with Crippen molar-refractivity contribution in [1.82, 2.24) is 0 Å². The van der Waals surface area contributed by atoms with Gasteiger partial charge in [0.2, 0.25) is 5.91 Å². The fourth-order valence-electron chi connectivity index (χ4n) is 3.15. The molecule has 0 radical (unpaired) electrons. The Balaban J connectivity index is 2.02. The van der Waals surface area contributed by atoms with Crippen molar-refractivity contribution < 1.29 is 22.0 Å². The lowest BCUT2D eigenvalue weighted by Crippen LogP contribution is -2.38. The lowest BCUT2D eigenvalue weighted by molar-refractivity contribution is -0.114. The van der Waals surface area contributed by atoms with Crippen molar-refractivity contribution in [3.8, 4) is 0 Å². The molecule has 162 valence electrons. The van der Waals surface area contributed by atoms with Gasteiger partial charge >= 0.3 is 0 Å². The molecule has 8 heteroatoms. The van der Waals surface area contributed by atoms with Gasteiger partial charge in [-0.1, -0.05) is 41.5 Å². The van der Waals surface area contributed by atoms with Gasteiger partial charge in [0.05, 0.1) is 10.6 Å². The Kier molecular flexibility index (Phi) is 6.40. The van der Waals surface area contributed by atoms with Crippen molar-refractivity contribution in [2.75, 3.05) is 16.2 Å². The Morgan fingerprint density at radius 3 is 2.06 bits per heavy atom. The van der Waals surface area contributed by atoms with E-state index in [-0.39, 0.29) is 4.90 Å². The Labute approximate surface area is 180 Å². The van der Waals surface area contributed by atoms with E-state index in [1.165, 1.54) is 18.2 Å². The second-order valence-corrected chi connectivity index (χ2v) is 9.12. The van der Waals surface area contributed by atoms with Crippen LogP contribution in [-0.4, -0.2) is 20.9 Å². The molecule has 0 aliphatic rings. The maximum absolute atomic E-state index is 13.9. The van der Waals surface area contributed by atoms with Crippen LogP contribution in [0.25, 0.3) is 0 Å². The van der Waals surface area contributed by atoms with Crippen LogP contribution in [0.2, 0.25) is 0 Å².